The van der Waals surface area contributed by atoms with E-state index in [1.165, 1.54) is 0 Å². The Morgan fingerprint density at radius 1 is 1.29 bits per heavy atom. The summed E-state index contributed by atoms with van der Waals surface area (Å²) in [7, 11) is 1.68. The van der Waals surface area contributed by atoms with Crippen molar-refractivity contribution in [3.8, 4) is 0 Å². The van der Waals surface area contributed by atoms with Crippen molar-refractivity contribution in [3.05, 3.63) is 16.0 Å². The molecule has 1 aromatic heterocycles. The molecule has 5 heteroatoms. The first-order valence-corrected chi connectivity index (χ1v) is 6.77. The minimum atomic E-state index is -0.0639. The van der Waals surface area contributed by atoms with Gasteiger partial charge in [0.25, 0.3) is 0 Å². The standard InChI is InChI=1S/C12H20BrN3O/c1-4-6-8-10(13)11(14)16-12(15-8)9(17-3)7-5-2/h9H,4-7H2,1-3H3,(H2,14,15,16). The fourth-order valence-corrected chi connectivity index (χ4v) is 2.07. The van der Waals surface area contributed by atoms with E-state index in [-0.39, 0.29) is 6.10 Å². The van der Waals surface area contributed by atoms with E-state index < -0.39 is 0 Å². The van der Waals surface area contributed by atoms with Crippen LogP contribution in [0.25, 0.3) is 0 Å². The van der Waals surface area contributed by atoms with E-state index in [2.05, 4.69) is 39.7 Å². The Morgan fingerprint density at radius 3 is 2.53 bits per heavy atom. The number of nitrogens with zero attached hydrogens (tertiary/aromatic N) is 2. The molecule has 0 saturated carbocycles. The number of hydrogen-bond donors (Lipinski definition) is 1. The predicted octanol–water partition coefficient (Wildman–Crippen LogP) is 3.26. The largest absolute Gasteiger partial charge is 0.383 e. The number of anilines is 1. The lowest BCUT2D eigenvalue weighted by atomic mass is 10.2. The van der Waals surface area contributed by atoms with Gasteiger partial charge in [0.1, 0.15) is 11.9 Å². The average molecular weight is 302 g/mol. The fourth-order valence-electron chi connectivity index (χ4n) is 1.69. The molecule has 2 N–H and O–H groups in total. The smallest absolute Gasteiger partial charge is 0.159 e. The van der Waals surface area contributed by atoms with E-state index in [0.29, 0.717) is 11.6 Å². The van der Waals surface area contributed by atoms with Crippen molar-refractivity contribution in [3.63, 3.8) is 0 Å². The first-order chi connectivity index (χ1) is 8.13. The molecular formula is C12H20BrN3O. The Labute approximate surface area is 111 Å². The maximum absolute atomic E-state index is 5.89. The number of halogens is 1. The van der Waals surface area contributed by atoms with Gasteiger partial charge in [-0.3, -0.25) is 0 Å². The molecule has 1 heterocycles. The van der Waals surface area contributed by atoms with Gasteiger partial charge in [-0.05, 0) is 28.8 Å². The Balaban J connectivity index is 3.07. The lowest BCUT2D eigenvalue weighted by molar-refractivity contribution is 0.0875. The van der Waals surface area contributed by atoms with Crippen LogP contribution in [0.1, 0.15) is 50.7 Å². The molecule has 1 atom stereocenters. The Kier molecular flexibility index (Phi) is 5.85. The average Bonchev–Trinajstić information content (AvgIpc) is 2.32. The van der Waals surface area contributed by atoms with Gasteiger partial charge in [-0.25, -0.2) is 9.97 Å². The zero-order valence-corrected chi connectivity index (χ0v) is 12.2. The number of aromatic nitrogens is 2. The molecular weight excluding hydrogens is 282 g/mol. The molecule has 0 bridgehead atoms. The molecule has 0 fully saturated rings. The molecule has 0 saturated heterocycles. The summed E-state index contributed by atoms with van der Waals surface area (Å²) in [6, 6.07) is 0. The van der Waals surface area contributed by atoms with Crippen LogP contribution in [-0.4, -0.2) is 17.1 Å². The maximum atomic E-state index is 5.89. The summed E-state index contributed by atoms with van der Waals surface area (Å²) in [5.41, 5.74) is 6.85. The lowest BCUT2D eigenvalue weighted by Gasteiger charge is -2.15. The van der Waals surface area contributed by atoms with Gasteiger partial charge in [-0.2, -0.15) is 0 Å². The minimum Gasteiger partial charge on any atom is -0.383 e. The van der Waals surface area contributed by atoms with Crippen molar-refractivity contribution in [2.24, 2.45) is 0 Å². The van der Waals surface area contributed by atoms with Crippen LogP contribution >= 0.6 is 15.9 Å². The highest BCUT2D eigenvalue weighted by Crippen LogP contribution is 2.26. The van der Waals surface area contributed by atoms with E-state index >= 15 is 0 Å². The topological polar surface area (TPSA) is 61.0 Å². The van der Waals surface area contributed by atoms with Gasteiger partial charge in [-0.15, -0.1) is 0 Å². The second-order valence-corrected chi connectivity index (χ2v) is 4.78. The molecule has 0 amide bonds. The molecule has 0 aliphatic rings. The van der Waals surface area contributed by atoms with Crippen LogP contribution in [0, 0.1) is 0 Å². The molecule has 96 valence electrons. The fraction of sp³-hybridized carbons (Fsp3) is 0.667. The van der Waals surface area contributed by atoms with Crippen molar-refractivity contribution in [1.82, 2.24) is 9.97 Å². The highest BCUT2D eigenvalue weighted by atomic mass is 79.9. The zero-order valence-electron chi connectivity index (χ0n) is 10.7. The SMILES string of the molecule is CCCc1nc(C(CCC)OC)nc(N)c1Br. The van der Waals surface area contributed by atoms with Crippen LogP contribution in [0.2, 0.25) is 0 Å². The summed E-state index contributed by atoms with van der Waals surface area (Å²) >= 11 is 3.43. The third kappa shape index (κ3) is 3.64. The quantitative estimate of drug-likeness (QED) is 0.876. The summed E-state index contributed by atoms with van der Waals surface area (Å²) in [6.45, 7) is 4.23. The molecule has 17 heavy (non-hydrogen) atoms. The summed E-state index contributed by atoms with van der Waals surface area (Å²) in [4.78, 5) is 8.85. The third-order valence-electron chi connectivity index (χ3n) is 2.57. The first-order valence-electron chi connectivity index (χ1n) is 5.98. The number of nitrogens with two attached hydrogens (primary N) is 1. The van der Waals surface area contributed by atoms with Crippen molar-refractivity contribution < 1.29 is 4.74 Å². The van der Waals surface area contributed by atoms with Crippen LogP contribution in [0.3, 0.4) is 0 Å². The van der Waals surface area contributed by atoms with Crippen LogP contribution in [0.4, 0.5) is 5.82 Å². The van der Waals surface area contributed by atoms with Crippen molar-refractivity contribution in [2.75, 3.05) is 12.8 Å². The van der Waals surface area contributed by atoms with Gasteiger partial charge in [-0.1, -0.05) is 26.7 Å². The summed E-state index contributed by atoms with van der Waals surface area (Å²) < 4.78 is 6.22. The van der Waals surface area contributed by atoms with Crippen LogP contribution in [0.15, 0.2) is 4.47 Å². The molecule has 1 unspecified atom stereocenters. The Bertz CT molecular complexity index is 371. The number of hydrogen-bond acceptors (Lipinski definition) is 4. The van der Waals surface area contributed by atoms with Gasteiger partial charge >= 0.3 is 0 Å². The van der Waals surface area contributed by atoms with Crippen molar-refractivity contribution in [2.45, 2.75) is 45.6 Å². The van der Waals surface area contributed by atoms with E-state index in [9.17, 15) is 0 Å². The highest BCUT2D eigenvalue weighted by Gasteiger charge is 2.17. The van der Waals surface area contributed by atoms with Gasteiger partial charge in [0.15, 0.2) is 5.82 Å². The molecule has 1 rings (SSSR count). The number of methoxy groups -OCH3 is 1. The summed E-state index contributed by atoms with van der Waals surface area (Å²) in [5, 5.41) is 0. The van der Waals surface area contributed by atoms with Crippen LogP contribution in [-0.2, 0) is 11.2 Å². The molecule has 0 aliphatic heterocycles. The van der Waals surface area contributed by atoms with E-state index in [4.69, 9.17) is 10.5 Å². The number of nitrogen functional groups attached to an aromatic ring is 1. The first kappa shape index (κ1) is 14.4. The maximum Gasteiger partial charge on any atom is 0.159 e. The van der Waals surface area contributed by atoms with Gasteiger partial charge in [0, 0.05) is 7.11 Å². The van der Waals surface area contributed by atoms with E-state index in [1.807, 2.05) is 0 Å². The number of aryl methyl sites for hydroxylation is 1. The third-order valence-corrected chi connectivity index (χ3v) is 3.44. The Morgan fingerprint density at radius 2 is 2.00 bits per heavy atom. The van der Waals surface area contributed by atoms with E-state index in [1.54, 1.807) is 7.11 Å². The van der Waals surface area contributed by atoms with E-state index in [0.717, 1.165) is 35.8 Å². The van der Waals surface area contributed by atoms with Crippen molar-refractivity contribution in [1.29, 1.82) is 0 Å². The zero-order chi connectivity index (χ0) is 12.8. The predicted molar refractivity (Wildman–Crippen MR) is 72.8 cm³/mol. The molecule has 0 spiro atoms. The summed E-state index contributed by atoms with van der Waals surface area (Å²) in [6.07, 6.45) is 3.79. The van der Waals surface area contributed by atoms with Crippen molar-refractivity contribution >= 4 is 21.7 Å². The minimum absolute atomic E-state index is 0.0639. The highest BCUT2D eigenvalue weighted by molar-refractivity contribution is 9.10. The molecule has 0 radical (unpaired) electrons. The second kappa shape index (κ2) is 6.91. The molecule has 0 aromatic carbocycles. The normalized spacial score (nSPS) is 12.7. The molecule has 1 aromatic rings. The second-order valence-electron chi connectivity index (χ2n) is 3.99. The Hall–Kier alpha value is -0.680. The monoisotopic (exact) mass is 301 g/mol. The van der Waals surface area contributed by atoms with Gasteiger partial charge < -0.3 is 10.5 Å². The number of ether oxygens (including phenoxy) is 1. The van der Waals surface area contributed by atoms with Gasteiger partial charge in [0.05, 0.1) is 10.2 Å². The molecule has 0 aliphatic carbocycles. The van der Waals surface area contributed by atoms with Gasteiger partial charge in [0.2, 0.25) is 0 Å². The number of rotatable bonds is 6. The summed E-state index contributed by atoms with van der Waals surface area (Å²) in [5.74, 6) is 1.19. The van der Waals surface area contributed by atoms with Crippen LogP contribution in [0.5, 0.6) is 0 Å². The lowest BCUT2D eigenvalue weighted by Crippen LogP contribution is -2.11. The van der Waals surface area contributed by atoms with Crippen LogP contribution < -0.4 is 5.73 Å². The molecule has 4 nitrogen and oxygen atoms in total.